The normalized spacial score (nSPS) is 14.1. The molecule has 14 heavy (non-hydrogen) atoms. The fourth-order valence-corrected chi connectivity index (χ4v) is 1.24. The second-order valence-corrected chi connectivity index (χ2v) is 3.16. The molecule has 3 heteroatoms. The lowest BCUT2D eigenvalue weighted by molar-refractivity contribution is -0.143. The smallest absolute Gasteiger partial charge is 0.322 e. The summed E-state index contributed by atoms with van der Waals surface area (Å²) in [6.07, 6.45) is 7.91. The minimum absolute atomic E-state index is 0.0379. The number of ether oxygens (including phenoxy) is 1. The van der Waals surface area contributed by atoms with Crippen LogP contribution in [0.2, 0.25) is 0 Å². The van der Waals surface area contributed by atoms with Crippen molar-refractivity contribution in [2.75, 3.05) is 7.11 Å². The Kier molecular flexibility index (Phi) is 6.87. The van der Waals surface area contributed by atoms with Crippen LogP contribution in [-0.2, 0) is 9.53 Å². The molecule has 0 rings (SSSR count). The van der Waals surface area contributed by atoms with E-state index in [0.717, 1.165) is 12.8 Å². The second kappa shape index (κ2) is 7.40. The van der Waals surface area contributed by atoms with Gasteiger partial charge < -0.3 is 4.74 Å². The Bertz CT molecular complexity index is 208. The van der Waals surface area contributed by atoms with Gasteiger partial charge in [0, 0.05) is 0 Å². The number of hydrogen-bond donors (Lipinski definition) is 1. The lowest BCUT2D eigenvalue weighted by atomic mass is 10.1. The van der Waals surface area contributed by atoms with E-state index in [1.54, 1.807) is 0 Å². The number of esters is 1. The van der Waals surface area contributed by atoms with E-state index in [1.165, 1.54) is 7.11 Å². The van der Waals surface area contributed by atoms with Crippen molar-refractivity contribution in [2.24, 2.45) is 0 Å². The number of carbonyl (C=O) groups is 1. The molecular formula is C11H19NO2. The third-order valence-corrected chi connectivity index (χ3v) is 2.07. The third kappa shape index (κ3) is 4.29. The first kappa shape index (κ1) is 13.0. The Morgan fingerprint density at radius 2 is 2.21 bits per heavy atom. The molecule has 0 aromatic heterocycles. The Morgan fingerprint density at radius 1 is 1.57 bits per heavy atom. The van der Waals surface area contributed by atoms with Crippen molar-refractivity contribution in [3.05, 3.63) is 0 Å². The average molecular weight is 197 g/mol. The van der Waals surface area contributed by atoms with Gasteiger partial charge in [-0.2, -0.15) is 0 Å². The van der Waals surface area contributed by atoms with E-state index in [2.05, 4.69) is 22.9 Å². The van der Waals surface area contributed by atoms with Gasteiger partial charge in [-0.3, -0.25) is 10.1 Å². The standard InChI is InChI=1S/C11H19NO2/c1-5-8-9(6-2)12-10(7-3)11(13)14-4/h2,9-10,12H,5,7-8H2,1,3-4H3. The molecule has 0 spiro atoms. The highest BCUT2D eigenvalue weighted by Crippen LogP contribution is 2.01. The minimum atomic E-state index is -0.285. The summed E-state index contributed by atoms with van der Waals surface area (Å²) >= 11 is 0. The molecule has 0 aliphatic heterocycles. The van der Waals surface area contributed by atoms with Gasteiger partial charge in [0.2, 0.25) is 0 Å². The fourth-order valence-electron chi connectivity index (χ4n) is 1.24. The number of rotatable bonds is 6. The summed E-state index contributed by atoms with van der Waals surface area (Å²) in [6.45, 7) is 3.99. The van der Waals surface area contributed by atoms with Crippen LogP contribution in [0.4, 0.5) is 0 Å². The Balaban J connectivity index is 4.15. The maximum Gasteiger partial charge on any atom is 0.322 e. The fraction of sp³-hybridized carbons (Fsp3) is 0.727. The van der Waals surface area contributed by atoms with Crippen molar-refractivity contribution in [3.63, 3.8) is 0 Å². The molecule has 0 saturated carbocycles. The van der Waals surface area contributed by atoms with Crippen LogP contribution < -0.4 is 5.32 Å². The van der Waals surface area contributed by atoms with Gasteiger partial charge in [0.1, 0.15) is 6.04 Å². The number of hydrogen-bond acceptors (Lipinski definition) is 3. The summed E-state index contributed by atoms with van der Waals surface area (Å²) in [5.74, 6) is 2.38. The molecule has 0 aliphatic rings. The van der Waals surface area contributed by atoms with Gasteiger partial charge in [0.25, 0.3) is 0 Å². The van der Waals surface area contributed by atoms with E-state index in [9.17, 15) is 4.79 Å². The molecule has 2 unspecified atom stereocenters. The van der Waals surface area contributed by atoms with Crippen LogP contribution in [0.1, 0.15) is 33.1 Å². The number of carbonyl (C=O) groups excluding carboxylic acids is 1. The van der Waals surface area contributed by atoms with Crippen LogP contribution in [0.25, 0.3) is 0 Å². The van der Waals surface area contributed by atoms with Crippen molar-refractivity contribution >= 4 is 5.97 Å². The molecule has 2 atom stereocenters. The van der Waals surface area contributed by atoms with Crippen LogP contribution in [0.15, 0.2) is 0 Å². The van der Waals surface area contributed by atoms with Crippen LogP contribution >= 0.6 is 0 Å². The van der Waals surface area contributed by atoms with E-state index in [1.807, 2.05) is 6.92 Å². The molecule has 0 radical (unpaired) electrons. The first-order valence-corrected chi connectivity index (χ1v) is 4.99. The van der Waals surface area contributed by atoms with Gasteiger partial charge in [-0.05, 0) is 12.8 Å². The number of methoxy groups -OCH3 is 1. The Labute approximate surface area is 86.2 Å². The van der Waals surface area contributed by atoms with Gasteiger partial charge in [-0.15, -0.1) is 6.42 Å². The quantitative estimate of drug-likeness (QED) is 0.515. The van der Waals surface area contributed by atoms with Gasteiger partial charge in [0.15, 0.2) is 0 Å². The first-order chi connectivity index (χ1) is 6.69. The van der Waals surface area contributed by atoms with Crippen molar-refractivity contribution < 1.29 is 9.53 Å². The van der Waals surface area contributed by atoms with E-state index < -0.39 is 0 Å². The highest BCUT2D eigenvalue weighted by molar-refractivity contribution is 5.75. The molecule has 0 aromatic carbocycles. The summed E-state index contributed by atoms with van der Waals surface area (Å²) in [5, 5.41) is 3.09. The van der Waals surface area contributed by atoms with Gasteiger partial charge in [-0.1, -0.05) is 26.2 Å². The molecule has 0 fully saturated rings. The SMILES string of the molecule is C#CC(CCC)NC(CC)C(=O)OC. The second-order valence-electron chi connectivity index (χ2n) is 3.16. The lowest BCUT2D eigenvalue weighted by Crippen LogP contribution is -2.42. The van der Waals surface area contributed by atoms with Crippen molar-refractivity contribution in [1.29, 1.82) is 0 Å². The monoisotopic (exact) mass is 197 g/mol. The summed E-state index contributed by atoms with van der Waals surface area (Å²) in [7, 11) is 1.39. The molecule has 1 N–H and O–H groups in total. The van der Waals surface area contributed by atoms with Crippen LogP contribution in [-0.4, -0.2) is 25.2 Å². The highest BCUT2D eigenvalue weighted by Gasteiger charge is 2.19. The average Bonchev–Trinajstić information content (AvgIpc) is 2.23. The van der Waals surface area contributed by atoms with E-state index in [0.29, 0.717) is 6.42 Å². The van der Waals surface area contributed by atoms with Crippen molar-refractivity contribution in [3.8, 4) is 12.3 Å². The number of nitrogens with one attached hydrogen (secondary N) is 1. The topological polar surface area (TPSA) is 38.3 Å². The molecule has 0 amide bonds. The largest absolute Gasteiger partial charge is 0.468 e. The molecule has 0 heterocycles. The maximum atomic E-state index is 11.2. The zero-order valence-corrected chi connectivity index (χ0v) is 9.17. The highest BCUT2D eigenvalue weighted by atomic mass is 16.5. The summed E-state index contributed by atoms with van der Waals surface area (Å²) in [6, 6.07) is -0.323. The molecule has 80 valence electrons. The molecule has 0 saturated heterocycles. The molecule has 3 nitrogen and oxygen atoms in total. The zero-order chi connectivity index (χ0) is 11.0. The van der Waals surface area contributed by atoms with E-state index in [-0.39, 0.29) is 18.1 Å². The molecule has 0 aromatic rings. The zero-order valence-electron chi connectivity index (χ0n) is 9.17. The van der Waals surface area contributed by atoms with Gasteiger partial charge in [-0.25, -0.2) is 0 Å². The van der Waals surface area contributed by atoms with Crippen molar-refractivity contribution in [1.82, 2.24) is 5.32 Å². The predicted molar refractivity (Wildman–Crippen MR) is 56.8 cm³/mol. The van der Waals surface area contributed by atoms with Gasteiger partial charge >= 0.3 is 5.97 Å². The van der Waals surface area contributed by atoms with Crippen molar-refractivity contribution in [2.45, 2.75) is 45.2 Å². The van der Waals surface area contributed by atoms with E-state index >= 15 is 0 Å². The summed E-state index contributed by atoms with van der Waals surface area (Å²) in [5.41, 5.74) is 0. The molecule has 0 aliphatic carbocycles. The van der Waals surface area contributed by atoms with E-state index in [4.69, 9.17) is 6.42 Å². The summed E-state index contributed by atoms with van der Waals surface area (Å²) in [4.78, 5) is 11.2. The van der Waals surface area contributed by atoms with Crippen LogP contribution in [0, 0.1) is 12.3 Å². The number of terminal acetylenes is 1. The third-order valence-electron chi connectivity index (χ3n) is 2.07. The minimum Gasteiger partial charge on any atom is -0.468 e. The first-order valence-electron chi connectivity index (χ1n) is 4.99. The summed E-state index contributed by atoms with van der Waals surface area (Å²) < 4.78 is 4.66. The maximum absolute atomic E-state index is 11.2. The van der Waals surface area contributed by atoms with Crippen LogP contribution in [0.5, 0.6) is 0 Å². The Hall–Kier alpha value is -1.01. The Morgan fingerprint density at radius 3 is 2.57 bits per heavy atom. The lowest BCUT2D eigenvalue weighted by Gasteiger charge is -2.18. The molecule has 0 bridgehead atoms. The van der Waals surface area contributed by atoms with Crippen LogP contribution in [0.3, 0.4) is 0 Å². The molecular weight excluding hydrogens is 178 g/mol. The van der Waals surface area contributed by atoms with Gasteiger partial charge in [0.05, 0.1) is 13.2 Å². The predicted octanol–water partition coefficient (Wildman–Crippen LogP) is 1.33.